The molecule has 2 unspecified atom stereocenters. The molecular formula is C28H30N2O6. The highest BCUT2D eigenvalue weighted by atomic mass is 16.5. The number of carbonyl (C=O) groups excluding carboxylic acids is 3. The molecule has 3 rings (SSSR count). The molecular weight excluding hydrogens is 460 g/mol. The first-order valence-electron chi connectivity index (χ1n) is 11.3. The average molecular weight is 491 g/mol. The van der Waals surface area contributed by atoms with Gasteiger partial charge in [-0.05, 0) is 42.3 Å². The zero-order valence-electron chi connectivity index (χ0n) is 20.7. The van der Waals surface area contributed by atoms with Gasteiger partial charge in [0.15, 0.2) is 5.54 Å². The summed E-state index contributed by atoms with van der Waals surface area (Å²) in [4.78, 5) is 39.6. The Morgan fingerprint density at radius 2 is 1.47 bits per heavy atom. The van der Waals surface area contributed by atoms with Crippen molar-refractivity contribution >= 4 is 17.8 Å². The lowest BCUT2D eigenvalue weighted by Gasteiger charge is -2.31. The molecule has 36 heavy (non-hydrogen) atoms. The quantitative estimate of drug-likeness (QED) is 0.423. The van der Waals surface area contributed by atoms with Gasteiger partial charge in [-0.1, -0.05) is 54.6 Å². The molecule has 8 nitrogen and oxygen atoms in total. The highest BCUT2D eigenvalue weighted by Gasteiger charge is 2.40. The van der Waals surface area contributed by atoms with E-state index >= 15 is 0 Å². The molecule has 0 heterocycles. The van der Waals surface area contributed by atoms with Crippen LogP contribution in [0.4, 0.5) is 0 Å². The summed E-state index contributed by atoms with van der Waals surface area (Å²) >= 11 is 0. The number of para-hydroxylation sites is 1. The van der Waals surface area contributed by atoms with Crippen LogP contribution < -0.4 is 20.1 Å². The van der Waals surface area contributed by atoms with Crippen molar-refractivity contribution in [3.05, 3.63) is 95.6 Å². The lowest BCUT2D eigenvalue weighted by atomic mass is 9.91. The van der Waals surface area contributed by atoms with Crippen molar-refractivity contribution in [1.82, 2.24) is 10.6 Å². The van der Waals surface area contributed by atoms with Crippen LogP contribution in [0.2, 0.25) is 0 Å². The summed E-state index contributed by atoms with van der Waals surface area (Å²) < 4.78 is 15.5. The minimum atomic E-state index is -1.51. The van der Waals surface area contributed by atoms with E-state index < -0.39 is 29.4 Å². The lowest BCUT2D eigenvalue weighted by molar-refractivity contribution is -0.151. The summed E-state index contributed by atoms with van der Waals surface area (Å²) in [6, 6.07) is 21.8. The first-order valence-corrected chi connectivity index (χ1v) is 11.3. The SMILES string of the molecule is COC(=O)C(C)(NC(=O)C(Cc1ccccc1)NC(=O)c1ccccc1OC)c1ccc(OC)cc1. The van der Waals surface area contributed by atoms with Gasteiger partial charge < -0.3 is 24.8 Å². The van der Waals surface area contributed by atoms with Gasteiger partial charge >= 0.3 is 5.97 Å². The predicted octanol–water partition coefficient (Wildman–Crippen LogP) is 3.25. The number of methoxy groups -OCH3 is 3. The van der Waals surface area contributed by atoms with Crippen molar-refractivity contribution in [2.75, 3.05) is 21.3 Å². The van der Waals surface area contributed by atoms with Gasteiger partial charge in [-0.3, -0.25) is 9.59 Å². The first kappa shape index (κ1) is 26.3. The fourth-order valence-corrected chi connectivity index (χ4v) is 3.83. The molecule has 2 amide bonds. The topological polar surface area (TPSA) is 103 Å². The van der Waals surface area contributed by atoms with Crippen LogP contribution >= 0.6 is 0 Å². The van der Waals surface area contributed by atoms with Gasteiger partial charge in [-0.15, -0.1) is 0 Å². The highest BCUT2D eigenvalue weighted by molar-refractivity contribution is 6.00. The highest BCUT2D eigenvalue weighted by Crippen LogP contribution is 2.25. The summed E-state index contributed by atoms with van der Waals surface area (Å²) in [7, 11) is 4.26. The Balaban J connectivity index is 1.93. The van der Waals surface area contributed by atoms with E-state index in [-0.39, 0.29) is 12.0 Å². The monoisotopic (exact) mass is 490 g/mol. The van der Waals surface area contributed by atoms with Crippen molar-refractivity contribution < 1.29 is 28.6 Å². The van der Waals surface area contributed by atoms with Gasteiger partial charge in [0.05, 0.1) is 26.9 Å². The minimum absolute atomic E-state index is 0.202. The van der Waals surface area contributed by atoms with Crippen molar-refractivity contribution in [3.8, 4) is 11.5 Å². The minimum Gasteiger partial charge on any atom is -0.497 e. The number of ether oxygens (including phenoxy) is 3. The van der Waals surface area contributed by atoms with E-state index in [4.69, 9.17) is 14.2 Å². The van der Waals surface area contributed by atoms with Crippen molar-refractivity contribution in [2.45, 2.75) is 24.9 Å². The standard InChI is InChI=1S/C28H30N2O6/c1-28(27(33)36-4,20-14-16-21(34-2)17-15-20)30-26(32)23(18-19-10-6-5-7-11-19)29-25(31)22-12-8-9-13-24(22)35-3/h5-17,23H,18H2,1-4H3,(H,29,31)(H,30,32). The summed E-state index contributed by atoms with van der Waals surface area (Å²) in [6.07, 6.45) is 0.202. The Kier molecular flexibility index (Phi) is 8.67. The molecule has 3 aromatic carbocycles. The normalized spacial score (nSPS) is 13.0. The van der Waals surface area contributed by atoms with E-state index in [2.05, 4.69) is 10.6 Å². The van der Waals surface area contributed by atoms with E-state index in [0.717, 1.165) is 5.56 Å². The molecule has 8 heteroatoms. The number of esters is 1. The van der Waals surface area contributed by atoms with Crippen LogP contribution in [0.5, 0.6) is 11.5 Å². The van der Waals surface area contributed by atoms with Gasteiger partial charge in [0.1, 0.15) is 17.5 Å². The Morgan fingerprint density at radius 3 is 2.08 bits per heavy atom. The molecule has 0 spiro atoms. The van der Waals surface area contributed by atoms with Crippen molar-refractivity contribution in [2.24, 2.45) is 0 Å². The molecule has 2 N–H and O–H groups in total. The Labute approximate surface area is 210 Å². The third-order valence-electron chi connectivity index (χ3n) is 5.89. The van der Waals surface area contributed by atoms with Crippen LogP contribution in [-0.4, -0.2) is 45.2 Å². The summed E-state index contributed by atoms with van der Waals surface area (Å²) in [5.41, 5.74) is 0.110. The Bertz CT molecular complexity index is 1200. The van der Waals surface area contributed by atoms with E-state index in [1.807, 2.05) is 30.3 Å². The molecule has 0 aliphatic carbocycles. The second-order valence-corrected chi connectivity index (χ2v) is 8.25. The van der Waals surface area contributed by atoms with Gasteiger partial charge in [0.25, 0.3) is 5.91 Å². The number of rotatable bonds is 10. The molecule has 0 bridgehead atoms. The molecule has 0 fully saturated rings. The van der Waals surface area contributed by atoms with Crippen LogP contribution in [0.1, 0.15) is 28.4 Å². The van der Waals surface area contributed by atoms with E-state index in [1.54, 1.807) is 55.5 Å². The average Bonchev–Trinajstić information content (AvgIpc) is 2.92. The molecule has 0 aromatic heterocycles. The summed E-state index contributed by atoms with van der Waals surface area (Å²) in [6.45, 7) is 1.56. The molecule has 2 atom stereocenters. The molecule has 0 aliphatic heterocycles. The number of hydrogen-bond donors (Lipinski definition) is 2. The van der Waals surface area contributed by atoms with Crippen molar-refractivity contribution in [1.29, 1.82) is 0 Å². The van der Waals surface area contributed by atoms with Crippen LogP contribution in [0.25, 0.3) is 0 Å². The molecule has 0 saturated heterocycles. The van der Waals surface area contributed by atoms with Crippen LogP contribution in [0, 0.1) is 0 Å². The zero-order valence-corrected chi connectivity index (χ0v) is 20.7. The maximum atomic E-state index is 13.6. The second kappa shape index (κ2) is 11.9. The van der Waals surface area contributed by atoms with Crippen molar-refractivity contribution in [3.63, 3.8) is 0 Å². The third kappa shape index (κ3) is 6.02. The fourth-order valence-electron chi connectivity index (χ4n) is 3.83. The van der Waals surface area contributed by atoms with E-state index in [9.17, 15) is 14.4 Å². The summed E-state index contributed by atoms with van der Waals surface area (Å²) in [5.74, 6) is -0.705. The van der Waals surface area contributed by atoms with Gasteiger partial charge in [-0.25, -0.2) is 4.79 Å². The van der Waals surface area contributed by atoms with E-state index in [1.165, 1.54) is 21.3 Å². The number of amides is 2. The molecule has 188 valence electrons. The smallest absolute Gasteiger partial charge is 0.336 e. The second-order valence-electron chi connectivity index (χ2n) is 8.25. The number of nitrogens with one attached hydrogen (secondary N) is 2. The largest absolute Gasteiger partial charge is 0.497 e. The number of benzene rings is 3. The third-order valence-corrected chi connectivity index (χ3v) is 5.89. The predicted molar refractivity (Wildman–Crippen MR) is 135 cm³/mol. The van der Waals surface area contributed by atoms with Crippen LogP contribution in [0.3, 0.4) is 0 Å². The Morgan fingerprint density at radius 1 is 0.833 bits per heavy atom. The van der Waals surface area contributed by atoms with Gasteiger partial charge in [-0.2, -0.15) is 0 Å². The van der Waals surface area contributed by atoms with E-state index in [0.29, 0.717) is 17.1 Å². The van der Waals surface area contributed by atoms with Gasteiger partial charge in [0.2, 0.25) is 5.91 Å². The van der Waals surface area contributed by atoms with Crippen LogP contribution in [-0.2, 0) is 26.3 Å². The van der Waals surface area contributed by atoms with Crippen LogP contribution in [0.15, 0.2) is 78.9 Å². The molecule has 3 aromatic rings. The fraction of sp³-hybridized carbons (Fsp3) is 0.250. The lowest BCUT2D eigenvalue weighted by Crippen LogP contribution is -2.57. The maximum absolute atomic E-state index is 13.6. The number of carbonyl (C=O) groups is 3. The zero-order chi connectivity index (χ0) is 26.1. The Hall–Kier alpha value is -4.33. The maximum Gasteiger partial charge on any atom is 0.336 e. The van der Waals surface area contributed by atoms with Gasteiger partial charge in [0, 0.05) is 6.42 Å². The molecule has 0 radical (unpaired) electrons. The first-order chi connectivity index (χ1) is 17.3. The number of hydrogen-bond acceptors (Lipinski definition) is 6. The summed E-state index contributed by atoms with van der Waals surface area (Å²) in [5, 5.41) is 5.61. The molecule has 0 aliphatic rings. The molecule has 0 saturated carbocycles.